The first-order valence-corrected chi connectivity index (χ1v) is 20.3. The summed E-state index contributed by atoms with van der Waals surface area (Å²) in [7, 11) is 1.58. The van der Waals surface area contributed by atoms with Crippen molar-refractivity contribution in [3.8, 4) is 6.07 Å². The summed E-state index contributed by atoms with van der Waals surface area (Å²) in [5.41, 5.74) is 4.65. The number of hydrogen-bond donors (Lipinski definition) is 2. The predicted molar refractivity (Wildman–Crippen MR) is 218 cm³/mol. The number of amides is 4. The molecule has 0 radical (unpaired) electrons. The molecule has 0 spiro atoms. The number of ether oxygens (including phenoxy) is 2. The summed E-state index contributed by atoms with van der Waals surface area (Å²) in [4.78, 5) is 57.3. The molecule has 16 nitrogen and oxygen atoms in total. The van der Waals surface area contributed by atoms with E-state index in [0.717, 1.165) is 76.4 Å². The summed E-state index contributed by atoms with van der Waals surface area (Å²) in [6.45, 7) is 15.3. The molecule has 2 aromatic heterocycles. The van der Waals surface area contributed by atoms with E-state index in [2.05, 4.69) is 75.8 Å². The number of likely N-dealkylation sites (tertiary alicyclic amines) is 1. The maximum atomic E-state index is 12.7. The molecule has 8 rings (SSSR count). The number of aromatic nitrogens is 2. The van der Waals surface area contributed by atoms with Crippen LogP contribution in [0.4, 0.5) is 16.3 Å². The van der Waals surface area contributed by atoms with Crippen molar-refractivity contribution in [3.63, 3.8) is 0 Å². The summed E-state index contributed by atoms with van der Waals surface area (Å²) in [6.07, 6.45) is 16.3. The molecule has 1 saturated carbocycles. The van der Waals surface area contributed by atoms with Gasteiger partial charge in [0.15, 0.2) is 12.0 Å². The number of imidazole rings is 1. The Hall–Kier alpha value is -5.08. The Bertz CT molecular complexity index is 2100. The second-order valence-corrected chi connectivity index (χ2v) is 17.7. The Morgan fingerprint density at radius 1 is 1.05 bits per heavy atom. The largest absolute Gasteiger partial charge is 0.373 e. The molecule has 2 unspecified atom stereocenters. The number of piperidine rings is 1. The third kappa shape index (κ3) is 6.67. The number of aliphatic imine (C=N–C) groups is 1. The minimum Gasteiger partial charge on any atom is -0.373 e. The van der Waals surface area contributed by atoms with Crippen LogP contribution in [0.1, 0.15) is 53.4 Å². The fourth-order valence-corrected chi connectivity index (χ4v) is 10.7. The molecule has 2 aliphatic carbocycles. The van der Waals surface area contributed by atoms with Crippen LogP contribution >= 0.6 is 0 Å². The number of methoxy groups -OCH3 is 1. The normalized spacial score (nSPS) is 28.6. The van der Waals surface area contributed by atoms with Crippen LogP contribution in [0.2, 0.25) is 0 Å². The number of hydrogen-bond acceptors (Lipinski definition) is 12. The molecule has 6 aliphatic rings. The number of nitrogens with one attached hydrogen (secondary N) is 1. The lowest BCUT2D eigenvalue weighted by Crippen LogP contribution is -2.80. The van der Waals surface area contributed by atoms with E-state index in [1.807, 2.05) is 35.0 Å². The smallest absolute Gasteiger partial charge is 0.329 e. The van der Waals surface area contributed by atoms with Gasteiger partial charge in [0.25, 0.3) is 5.91 Å². The van der Waals surface area contributed by atoms with Gasteiger partial charge in [-0.25, -0.2) is 9.78 Å². The molecule has 3 N–H and O–H groups in total. The Morgan fingerprint density at radius 2 is 1.79 bits per heavy atom. The van der Waals surface area contributed by atoms with Crippen molar-refractivity contribution in [2.75, 3.05) is 69.3 Å². The van der Waals surface area contributed by atoms with E-state index in [0.29, 0.717) is 23.9 Å². The summed E-state index contributed by atoms with van der Waals surface area (Å²) in [6, 6.07) is 6.15. The highest BCUT2D eigenvalue weighted by atomic mass is 16.6. The predicted octanol–water partition coefficient (Wildman–Crippen LogP) is 3.23. The first kappa shape index (κ1) is 39.7. The molecule has 58 heavy (non-hydrogen) atoms. The van der Waals surface area contributed by atoms with Crippen molar-refractivity contribution in [2.24, 2.45) is 27.5 Å². The Kier molecular flexibility index (Phi) is 10.2. The highest BCUT2D eigenvalue weighted by Crippen LogP contribution is 2.67. The molecule has 4 aliphatic heterocycles. The van der Waals surface area contributed by atoms with Gasteiger partial charge >= 0.3 is 6.03 Å². The number of pyridine rings is 1. The van der Waals surface area contributed by atoms with Gasteiger partial charge in [0.2, 0.25) is 11.5 Å². The molecule has 4 fully saturated rings. The number of piperazine rings is 1. The standard InChI is InChI=1S/C42H55N11O5/c1-39(2)27-40(3,4)42(39,58-41(28-43)13-7-6-8-32(41)57-5)53-26-30(36(44)55)23-46-37(53)50-14-9-29(10-15-50)25-48-18-20-49(21-19-48)31-11-16-51-33(22-31)45-24-35(51)52-17-12-34(54)47-38(52)56/h6-8,11,13,16,22-24,26,29,32,37H,9-10,12,14-15,17-21,25,27H2,1-5H3,(H2,44,55)(H,47,54,56)/t32?,37?,41-/m1/s1. The van der Waals surface area contributed by atoms with Crippen LogP contribution in [0, 0.1) is 28.1 Å². The second-order valence-electron chi connectivity index (χ2n) is 17.7. The van der Waals surface area contributed by atoms with E-state index in [4.69, 9.17) is 20.2 Å². The number of urea groups is 1. The van der Waals surface area contributed by atoms with Gasteiger partial charge < -0.3 is 25.0 Å². The van der Waals surface area contributed by atoms with Crippen molar-refractivity contribution < 1.29 is 23.9 Å². The first-order valence-electron chi connectivity index (χ1n) is 20.3. The van der Waals surface area contributed by atoms with E-state index in [9.17, 15) is 19.6 Å². The van der Waals surface area contributed by atoms with Gasteiger partial charge in [-0.3, -0.25) is 39.0 Å². The molecule has 308 valence electrons. The van der Waals surface area contributed by atoms with Crippen molar-refractivity contribution in [2.45, 2.75) is 77.1 Å². The number of primary amides is 1. The topological polar surface area (TPSA) is 177 Å². The molecule has 6 heterocycles. The molecular weight excluding hydrogens is 739 g/mol. The third-order valence-electron chi connectivity index (χ3n) is 13.2. The number of rotatable bonds is 10. The molecule has 16 heteroatoms. The van der Waals surface area contributed by atoms with Gasteiger partial charge in [-0.2, -0.15) is 5.26 Å². The van der Waals surface area contributed by atoms with Crippen molar-refractivity contribution in [3.05, 3.63) is 60.6 Å². The lowest BCUT2D eigenvalue weighted by Gasteiger charge is -2.72. The van der Waals surface area contributed by atoms with Gasteiger partial charge in [0.1, 0.15) is 23.6 Å². The van der Waals surface area contributed by atoms with Crippen LogP contribution in [0.3, 0.4) is 0 Å². The number of nitrogens with two attached hydrogens (primary N) is 1. The maximum absolute atomic E-state index is 12.7. The van der Waals surface area contributed by atoms with Crippen LogP contribution in [0.15, 0.2) is 65.6 Å². The zero-order valence-electron chi connectivity index (χ0n) is 34.1. The van der Waals surface area contributed by atoms with Gasteiger partial charge in [0.05, 0.1) is 11.8 Å². The zero-order chi connectivity index (χ0) is 41.0. The van der Waals surface area contributed by atoms with Crippen molar-refractivity contribution >= 4 is 41.2 Å². The highest BCUT2D eigenvalue weighted by molar-refractivity contribution is 6.11. The maximum Gasteiger partial charge on any atom is 0.329 e. The summed E-state index contributed by atoms with van der Waals surface area (Å²) < 4.78 is 15.0. The van der Waals surface area contributed by atoms with Gasteiger partial charge in [0, 0.05) is 107 Å². The Labute approximate surface area is 339 Å². The van der Waals surface area contributed by atoms with Crippen LogP contribution in [-0.2, 0) is 19.1 Å². The highest BCUT2D eigenvalue weighted by Gasteiger charge is 2.73. The average molecular weight is 794 g/mol. The molecule has 0 bridgehead atoms. The fourth-order valence-electron chi connectivity index (χ4n) is 10.7. The molecule has 2 aromatic rings. The number of imide groups is 1. The summed E-state index contributed by atoms with van der Waals surface area (Å²) >= 11 is 0. The number of nitrogens with zero attached hydrogens (tertiary/aromatic N) is 9. The van der Waals surface area contributed by atoms with Crippen molar-refractivity contribution in [1.29, 1.82) is 5.26 Å². The van der Waals surface area contributed by atoms with Crippen LogP contribution in [0.5, 0.6) is 0 Å². The molecule has 3 saturated heterocycles. The Morgan fingerprint density at radius 3 is 2.45 bits per heavy atom. The van der Waals surface area contributed by atoms with Crippen molar-refractivity contribution in [1.82, 2.24) is 29.4 Å². The number of carbonyl (C=O) groups is 3. The van der Waals surface area contributed by atoms with E-state index in [-0.39, 0.29) is 12.3 Å². The lowest BCUT2D eigenvalue weighted by molar-refractivity contribution is -0.376. The number of carbonyl (C=O) groups excluding carboxylic acids is 3. The SMILES string of the molecule is COC1C=CC=C[C@]1(C#N)OC1(N2C=C(C(N)=O)C=NC2N2CCC(CN3CCN(c4ccn5c(N6CCC(=O)NC6=O)cnc5c4)CC3)CC2)C(C)(C)CC1(C)C. The van der Waals surface area contributed by atoms with E-state index in [1.165, 1.54) is 0 Å². The van der Waals surface area contributed by atoms with E-state index >= 15 is 0 Å². The average Bonchev–Trinajstić information content (AvgIpc) is 3.63. The van der Waals surface area contributed by atoms with E-state index in [1.54, 1.807) is 30.5 Å². The van der Waals surface area contributed by atoms with Gasteiger partial charge in [-0.05, 0) is 37.3 Å². The van der Waals surface area contributed by atoms with Crippen LogP contribution in [0.25, 0.3) is 5.65 Å². The molecule has 4 amide bonds. The minimum atomic E-state index is -1.41. The molecule has 3 atom stereocenters. The van der Waals surface area contributed by atoms with E-state index < -0.39 is 46.5 Å². The quantitative estimate of drug-likeness (QED) is 0.361. The second kappa shape index (κ2) is 14.9. The number of allylic oxidation sites excluding steroid dienone is 2. The molecular formula is C42H55N11O5. The van der Waals surface area contributed by atoms with Crippen LogP contribution in [-0.4, -0.2) is 131 Å². The number of fused-ring (bicyclic) bond motifs is 1. The molecule has 0 aromatic carbocycles. The zero-order valence-corrected chi connectivity index (χ0v) is 34.1. The summed E-state index contributed by atoms with van der Waals surface area (Å²) in [5.74, 6) is 0.331. The Balaban J connectivity index is 0.927. The number of anilines is 2. The monoisotopic (exact) mass is 793 g/mol. The first-order chi connectivity index (χ1) is 27.7. The number of nitriles is 1. The summed E-state index contributed by atoms with van der Waals surface area (Å²) in [5, 5.41) is 13.1. The minimum absolute atomic E-state index is 0.259. The van der Waals surface area contributed by atoms with Gasteiger partial charge in [-0.1, -0.05) is 45.9 Å². The van der Waals surface area contributed by atoms with Gasteiger partial charge in [-0.15, -0.1) is 0 Å². The third-order valence-corrected chi connectivity index (χ3v) is 13.2. The lowest BCUT2D eigenvalue weighted by atomic mass is 9.48. The fraction of sp³-hybridized carbons (Fsp3) is 0.571. The van der Waals surface area contributed by atoms with Crippen LogP contribution < -0.4 is 20.9 Å².